The predicted molar refractivity (Wildman–Crippen MR) is 106 cm³/mol. The van der Waals surface area contributed by atoms with Gasteiger partial charge in [-0.3, -0.25) is 4.90 Å². The summed E-state index contributed by atoms with van der Waals surface area (Å²) in [5, 5.41) is 0. The quantitative estimate of drug-likeness (QED) is 0.483. The highest BCUT2D eigenvalue weighted by Gasteiger charge is 2.18. The minimum Gasteiger partial charge on any atom is -0.324 e. The zero-order chi connectivity index (χ0) is 18.6. The molecule has 0 saturated carbocycles. The van der Waals surface area contributed by atoms with Gasteiger partial charge in [0, 0.05) is 38.3 Å². The molecule has 0 aliphatic heterocycles. The molecule has 2 heterocycles. The summed E-state index contributed by atoms with van der Waals surface area (Å²) in [5.41, 5.74) is 0. The maximum absolute atomic E-state index is 12.3. The summed E-state index contributed by atoms with van der Waals surface area (Å²) in [5.74, 6) is 0. The van der Waals surface area contributed by atoms with Crippen LogP contribution in [0.25, 0.3) is 0 Å². The van der Waals surface area contributed by atoms with Gasteiger partial charge in [-0.25, -0.2) is 12.7 Å². The second-order valence-corrected chi connectivity index (χ2v) is 9.98. The second-order valence-electron chi connectivity index (χ2n) is 5.61. The van der Waals surface area contributed by atoms with Crippen LogP contribution in [0.15, 0.2) is 48.0 Å². The molecule has 0 fully saturated rings. The highest BCUT2D eigenvalue weighted by atomic mass is 35.5. The van der Waals surface area contributed by atoms with Crippen LogP contribution in [0.5, 0.6) is 0 Å². The molecule has 2 aromatic rings. The molecule has 0 aliphatic rings. The molecule has 25 heavy (non-hydrogen) atoms. The van der Waals surface area contributed by atoms with Crippen LogP contribution < -0.4 is 0 Å². The Morgan fingerprint density at radius 2 is 2.04 bits per heavy atom. The van der Waals surface area contributed by atoms with E-state index in [1.165, 1.54) is 35.8 Å². The van der Waals surface area contributed by atoms with Gasteiger partial charge in [-0.1, -0.05) is 29.9 Å². The minimum atomic E-state index is -3.51. The van der Waals surface area contributed by atoms with Gasteiger partial charge in [-0.05, 0) is 24.3 Å². The monoisotopic (exact) mass is 417 g/mol. The van der Waals surface area contributed by atoms with Crippen LogP contribution in [-0.4, -0.2) is 42.8 Å². The number of halogens is 1. The minimum absolute atomic E-state index is 0.212. The zero-order valence-corrected chi connectivity index (χ0v) is 17.3. The fourth-order valence-electron chi connectivity index (χ4n) is 2.21. The number of rotatable bonds is 8. The third kappa shape index (κ3) is 5.22. The first-order valence-corrected chi connectivity index (χ1v) is 10.5. The first-order chi connectivity index (χ1) is 11.7. The molecular weight excluding hydrogens is 398 g/mol. The smallest absolute Gasteiger partial charge is 0.244 e. The summed E-state index contributed by atoms with van der Waals surface area (Å²) in [6, 6.07) is 7.02. The van der Waals surface area contributed by atoms with E-state index in [0.29, 0.717) is 24.4 Å². The van der Waals surface area contributed by atoms with E-state index in [1.54, 1.807) is 22.9 Å². The molecule has 0 aliphatic carbocycles. The van der Waals surface area contributed by atoms with E-state index in [1.807, 2.05) is 12.1 Å². The van der Waals surface area contributed by atoms with Crippen molar-refractivity contribution in [2.75, 3.05) is 20.6 Å². The largest absolute Gasteiger partial charge is 0.324 e. The highest BCUT2D eigenvalue weighted by Crippen LogP contribution is 2.23. The van der Waals surface area contributed by atoms with Crippen molar-refractivity contribution >= 4 is 45.2 Å². The third-order valence-electron chi connectivity index (χ3n) is 3.48. The van der Waals surface area contributed by atoms with Crippen molar-refractivity contribution in [3.63, 3.8) is 0 Å². The summed E-state index contributed by atoms with van der Waals surface area (Å²) in [6.07, 6.45) is 3.38. The zero-order valence-electron chi connectivity index (χ0n) is 14.1. The molecule has 0 saturated heterocycles. The molecule has 0 aromatic carbocycles. The molecular formula is C16H20ClN3O2S3. The van der Waals surface area contributed by atoms with Crippen LogP contribution in [0, 0.1) is 4.64 Å². The van der Waals surface area contributed by atoms with Crippen molar-refractivity contribution in [1.29, 1.82) is 0 Å². The predicted octanol–water partition coefficient (Wildman–Crippen LogP) is 3.83. The van der Waals surface area contributed by atoms with Gasteiger partial charge in [-0.15, -0.1) is 17.9 Å². The fourth-order valence-corrected chi connectivity index (χ4v) is 4.44. The summed E-state index contributed by atoms with van der Waals surface area (Å²) in [7, 11) is -0.496. The maximum Gasteiger partial charge on any atom is 0.244 e. The van der Waals surface area contributed by atoms with Gasteiger partial charge in [0.1, 0.15) is 4.64 Å². The van der Waals surface area contributed by atoms with Gasteiger partial charge in [0.15, 0.2) is 0 Å². The van der Waals surface area contributed by atoms with Crippen LogP contribution in [0.1, 0.15) is 4.88 Å². The molecule has 0 amide bonds. The van der Waals surface area contributed by atoms with E-state index >= 15 is 0 Å². The molecule has 0 spiro atoms. The Morgan fingerprint density at radius 1 is 1.32 bits per heavy atom. The average molecular weight is 418 g/mol. The van der Waals surface area contributed by atoms with Crippen molar-refractivity contribution in [3.8, 4) is 0 Å². The molecule has 0 bridgehead atoms. The molecule has 2 rings (SSSR count). The molecule has 136 valence electrons. The topological polar surface area (TPSA) is 45.6 Å². The molecule has 2 aromatic heterocycles. The normalized spacial score (nSPS) is 12.0. The standard InChI is InChI=1S/C16H20ClN3O2S3/c1-4-9-19(10-13-5-7-15(17)24-13)12-20-11-14(6-8-16(20)23)25(21,22)18(2)3/h4-8,11H,1,9-10,12H2,2-3H3. The molecule has 5 nitrogen and oxygen atoms in total. The maximum atomic E-state index is 12.3. The van der Waals surface area contributed by atoms with Crippen molar-refractivity contribution in [3.05, 3.63) is 57.0 Å². The Morgan fingerprint density at radius 3 is 2.60 bits per heavy atom. The van der Waals surface area contributed by atoms with Gasteiger partial charge in [0.2, 0.25) is 10.0 Å². The van der Waals surface area contributed by atoms with E-state index in [4.69, 9.17) is 23.8 Å². The third-order valence-corrected chi connectivity index (χ3v) is 6.87. The Balaban J connectivity index is 2.29. The molecule has 0 unspecified atom stereocenters. The van der Waals surface area contributed by atoms with Gasteiger partial charge >= 0.3 is 0 Å². The van der Waals surface area contributed by atoms with Crippen molar-refractivity contribution in [1.82, 2.24) is 13.8 Å². The Labute approximate surface area is 162 Å². The van der Waals surface area contributed by atoms with Crippen LogP contribution in [0.3, 0.4) is 0 Å². The molecule has 0 atom stereocenters. The molecule has 9 heteroatoms. The number of hydrogen-bond donors (Lipinski definition) is 0. The highest BCUT2D eigenvalue weighted by molar-refractivity contribution is 7.89. The van der Waals surface area contributed by atoms with Gasteiger partial charge in [0.05, 0.1) is 15.9 Å². The van der Waals surface area contributed by atoms with Crippen LogP contribution in [-0.2, 0) is 23.2 Å². The number of nitrogens with zero attached hydrogens (tertiary/aromatic N) is 3. The van der Waals surface area contributed by atoms with E-state index in [0.717, 1.165) is 9.21 Å². The number of aromatic nitrogens is 1. The fraction of sp³-hybridized carbons (Fsp3) is 0.312. The van der Waals surface area contributed by atoms with Crippen LogP contribution in [0.4, 0.5) is 0 Å². The number of hydrogen-bond acceptors (Lipinski definition) is 5. The lowest BCUT2D eigenvalue weighted by Crippen LogP contribution is -2.27. The van der Waals surface area contributed by atoms with Crippen molar-refractivity contribution in [2.24, 2.45) is 0 Å². The van der Waals surface area contributed by atoms with E-state index in [2.05, 4.69) is 11.5 Å². The van der Waals surface area contributed by atoms with Crippen LogP contribution in [0.2, 0.25) is 4.34 Å². The number of sulfonamides is 1. The van der Waals surface area contributed by atoms with Gasteiger partial charge in [0.25, 0.3) is 0 Å². The van der Waals surface area contributed by atoms with E-state index < -0.39 is 10.0 Å². The summed E-state index contributed by atoms with van der Waals surface area (Å²) in [6.45, 7) is 5.56. The lowest BCUT2D eigenvalue weighted by atomic mass is 10.4. The lowest BCUT2D eigenvalue weighted by Gasteiger charge is -2.22. The molecule has 0 radical (unpaired) electrons. The summed E-state index contributed by atoms with van der Waals surface area (Å²) >= 11 is 12.9. The second kappa shape index (κ2) is 8.57. The van der Waals surface area contributed by atoms with E-state index in [-0.39, 0.29) is 4.90 Å². The Hall–Kier alpha value is -1.03. The average Bonchev–Trinajstić information content (AvgIpc) is 2.94. The molecule has 0 N–H and O–H groups in total. The SMILES string of the molecule is C=CCN(Cc1ccc(Cl)s1)Cn1cc(S(=O)(=O)N(C)C)ccc1=S. The van der Waals surface area contributed by atoms with Crippen molar-refractivity contribution in [2.45, 2.75) is 18.1 Å². The first-order valence-electron chi connectivity index (χ1n) is 7.44. The first kappa shape index (κ1) is 20.3. The number of pyridine rings is 1. The summed E-state index contributed by atoms with van der Waals surface area (Å²) < 4.78 is 28.9. The van der Waals surface area contributed by atoms with Gasteiger partial charge < -0.3 is 4.57 Å². The van der Waals surface area contributed by atoms with Crippen molar-refractivity contribution < 1.29 is 8.42 Å². The number of thiophene rings is 1. The Bertz CT molecular complexity index is 903. The van der Waals surface area contributed by atoms with Crippen LogP contribution >= 0.6 is 35.2 Å². The lowest BCUT2D eigenvalue weighted by molar-refractivity contribution is 0.232. The Kier molecular flexibility index (Phi) is 6.95. The van der Waals surface area contributed by atoms with E-state index in [9.17, 15) is 8.42 Å². The van der Waals surface area contributed by atoms with Gasteiger partial charge in [-0.2, -0.15) is 0 Å². The summed E-state index contributed by atoms with van der Waals surface area (Å²) in [4.78, 5) is 3.44.